The van der Waals surface area contributed by atoms with Crippen molar-refractivity contribution in [3.8, 4) is 5.75 Å². The number of hydrogen-bond acceptors (Lipinski definition) is 2. The molecule has 2 N–H and O–H groups in total. The zero-order valence-corrected chi connectivity index (χ0v) is 11.5. The maximum Gasteiger partial charge on any atom is 0.123 e. The highest BCUT2D eigenvalue weighted by Crippen LogP contribution is 2.32. The summed E-state index contributed by atoms with van der Waals surface area (Å²) in [6.45, 7) is 10.2. The summed E-state index contributed by atoms with van der Waals surface area (Å²) in [4.78, 5) is 0. The van der Waals surface area contributed by atoms with Crippen LogP contribution in [0.3, 0.4) is 0 Å². The van der Waals surface area contributed by atoms with E-state index in [1.807, 2.05) is 0 Å². The van der Waals surface area contributed by atoms with Crippen molar-refractivity contribution in [2.24, 2.45) is 5.73 Å². The summed E-state index contributed by atoms with van der Waals surface area (Å²) in [5, 5.41) is 0. The minimum absolute atomic E-state index is 0.105. The number of nitrogens with two attached hydrogens (primary N) is 1. The molecule has 0 aromatic heterocycles. The predicted octanol–water partition coefficient (Wildman–Crippen LogP) is 3.27. The van der Waals surface area contributed by atoms with E-state index in [2.05, 4.69) is 45.9 Å². The molecule has 1 aromatic carbocycles. The van der Waals surface area contributed by atoms with Crippen molar-refractivity contribution >= 4 is 0 Å². The van der Waals surface area contributed by atoms with E-state index in [9.17, 15) is 0 Å². The number of benzene rings is 1. The van der Waals surface area contributed by atoms with E-state index in [0.717, 1.165) is 25.2 Å². The van der Waals surface area contributed by atoms with Crippen LogP contribution < -0.4 is 10.5 Å². The van der Waals surface area contributed by atoms with Crippen molar-refractivity contribution in [2.75, 3.05) is 13.2 Å². The molecule has 0 fully saturated rings. The smallest absolute Gasteiger partial charge is 0.123 e. The fourth-order valence-electron chi connectivity index (χ4n) is 1.82. The van der Waals surface area contributed by atoms with Gasteiger partial charge in [0.05, 0.1) is 6.61 Å². The number of ether oxygens (including phenoxy) is 1. The molecule has 0 saturated heterocycles. The molecular formula is C15H25NO. The molecule has 0 saturated carbocycles. The second kappa shape index (κ2) is 6.06. The van der Waals surface area contributed by atoms with E-state index < -0.39 is 0 Å². The quantitative estimate of drug-likeness (QED) is 0.850. The first kappa shape index (κ1) is 14.0. The van der Waals surface area contributed by atoms with Crippen LogP contribution in [0.5, 0.6) is 5.75 Å². The van der Waals surface area contributed by atoms with Gasteiger partial charge in [-0.15, -0.1) is 0 Å². The molecule has 0 aliphatic carbocycles. The first-order valence-electron chi connectivity index (χ1n) is 6.45. The van der Waals surface area contributed by atoms with Crippen LogP contribution in [0.15, 0.2) is 18.2 Å². The van der Waals surface area contributed by atoms with Crippen molar-refractivity contribution in [1.82, 2.24) is 0 Å². The van der Waals surface area contributed by atoms with Crippen LogP contribution in [-0.2, 0) is 11.8 Å². The molecule has 2 nitrogen and oxygen atoms in total. The molecule has 96 valence electrons. The zero-order valence-electron chi connectivity index (χ0n) is 11.5. The Bertz CT molecular complexity index is 352. The highest BCUT2D eigenvalue weighted by molar-refractivity contribution is 5.41. The van der Waals surface area contributed by atoms with Crippen LogP contribution in [-0.4, -0.2) is 13.2 Å². The van der Waals surface area contributed by atoms with Crippen LogP contribution in [0.1, 0.15) is 45.2 Å². The van der Waals surface area contributed by atoms with Gasteiger partial charge in [0.1, 0.15) is 5.75 Å². The molecule has 2 heteroatoms. The van der Waals surface area contributed by atoms with Gasteiger partial charge >= 0.3 is 0 Å². The second-order valence-corrected chi connectivity index (χ2v) is 5.47. The van der Waals surface area contributed by atoms with Gasteiger partial charge < -0.3 is 10.5 Å². The zero-order chi connectivity index (χ0) is 12.9. The average molecular weight is 235 g/mol. The normalized spacial score (nSPS) is 11.6. The molecule has 0 bridgehead atoms. The molecule has 0 unspecified atom stereocenters. The molecule has 1 aromatic rings. The van der Waals surface area contributed by atoms with Gasteiger partial charge in [0.15, 0.2) is 0 Å². The van der Waals surface area contributed by atoms with Crippen LogP contribution in [0.2, 0.25) is 0 Å². The Hall–Kier alpha value is -1.02. The lowest BCUT2D eigenvalue weighted by atomic mass is 9.85. The summed E-state index contributed by atoms with van der Waals surface area (Å²) in [5.41, 5.74) is 8.28. The highest BCUT2D eigenvalue weighted by atomic mass is 16.5. The molecule has 1 rings (SSSR count). The summed E-state index contributed by atoms with van der Waals surface area (Å²) in [5.74, 6) is 1.01. The second-order valence-electron chi connectivity index (χ2n) is 5.47. The molecule has 0 atom stereocenters. The SMILES string of the molecule is CCCOc1ccc(CCN)cc1C(C)(C)C. The first-order valence-corrected chi connectivity index (χ1v) is 6.45. The summed E-state index contributed by atoms with van der Waals surface area (Å²) in [7, 11) is 0. The van der Waals surface area contributed by atoms with Gasteiger partial charge in [0.25, 0.3) is 0 Å². The summed E-state index contributed by atoms with van der Waals surface area (Å²) < 4.78 is 5.81. The Labute approximate surface area is 105 Å². The largest absolute Gasteiger partial charge is 0.493 e. The Morgan fingerprint density at radius 3 is 2.47 bits per heavy atom. The Kier molecular flexibility index (Phi) is 5.01. The predicted molar refractivity (Wildman–Crippen MR) is 73.7 cm³/mol. The van der Waals surface area contributed by atoms with Crippen molar-refractivity contribution in [3.63, 3.8) is 0 Å². The number of rotatable bonds is 5. The van der Waals surface area contributed by atoms with E-state index in [4.69, 9.17) is 10.5 Å². The van der Waals surface area contributed by atoms with E-state index >= 15 is 0 Å². The topological polar surface area (TPSA) is 35.2 Å². The van der Waals surface area contributed by atoms with Gasteiger partial charge in [0, 0.05) is 0 Å². The third-order valence-corrected chi connectivity index (χ3v) is 2.75. The van der Waals surface area contributed by atoms with Gasteiger partial charge in [-0.3, -0.25) is 0 Å². The molecule has 0 spiro atoms. The van der Waals surface area contributed by atoms with E-state index in [0.29, 0.717) is 6.54 Å². The third kappa shape index (κ3) is 4.04. The monoisotopic (exact) mass is 235 g/mol. The fourth-order valence-corrected chi connectivity index (χ4v) is 1.82. The minimum Gasteiger partial charge on any atom is -0.493 e. The lowest BCUT2D eigenvalue weighted by molar-refractivity contribution is 0.308. The first-order chi connectivity index (χ1) is 7.99. The van der Waals surface area contributed by atoms with Gasteiger partial charge in [-0.1, -0.05) is 39.8 Å². The maximum atomic E-state index is 5.81. The Morgan fingerprint density at radius 2 is 1.94 bits per heavy atom. The summed E-state index contributed by atoms with van der Waals surface area (Å²) >= 11 is 0. The third-order valence-electron chi connectivity index (χ3n) is 2.75. The van der Waals surface area contributed by atoms with Crippen LogP contribution in [0.4, 0.5) is 0 Å². The minimum atomic E-state index is 0.105. The summed E-state index contributed by atoms with van der Waals surface area (Å²) in [6.07, 6.45) is 1.96. The molecule has 17 heavy (non-hydrogen) atoms. The lowest BCUT2D eigenvalue weighted by Crippen LogP contribution is -2.15. The summed E-state index contributed by atoms with van der Waals surface area (Å²) in [6, 6.07) is 6.44. The van der Waals surface area contributed by atoms with E-state index in [-0.39, 0.29) is 5.41 Å². The number of hydrogen-bond donors (Lipinski definition) is 1. The molecule has 0 heterocycles. The maximum absolute atomic E-state index is 5.81. The molecular weight excluding hydrogens is 210 g/mol. The molecule has 0 aliphatic heterocycles. The van der Waals surface area contributed by atoms with Crippen LogP contribution in [0, 0.1) is 0 Å². The Morgan fingerprint density at radius 1 is 1.24 bits per heavy atom. The van der Waals surface area contributed by atoms with Crippen molar-refractivity contribution in [1.29, 1.82) is 0 Å². The van der Waals surface area contributed by atoms with Gasteiger partial charge in [-0.05, 0) is 42.0 Å². The Balaban J connectivity index is 3.03. The van der Waals surface area contributed by atoms with E-state index in [1.165, 1.54) is 11.1 Å². The van der Waals surface area contributed by atoms with Gasteiger partial charge in [0.2, 0.25) is 0 Å². The van der Waals surface area contributed by atoms with Crippen LogP contribution in [0.25, 0.3) is 0 Å². The fraction of sp³-hybridized carbons (Fsp3) is 0.600. The molecule has 0 radical (unpaired) electrons. The average Bonchev–Trinajstić information content (AvgIpc) is 2.26. The van der Waals surface area contributed by atoms with Crippen molar-refractivity contribution in [3.05, 3.63) is 29.3 Å². The van der Waals surface area contributed by atoms with Gasteiger partial charge in [-0.25, -0.2) is 0 Å². The molecule has 0 aliphatic rings. The standard InChI is InChI=1S/C15H25NO/c1-5-10-17-14-7-6-12(8-9-16)11-13(14)15(2,3)4/h6-7,11H,5,8-10,16H2,1-4H3. The van der Waals surface area contributed by atoms with Gasteiger partial charge in [-0.2, -0.15) is 0 Å². The van der Waals surface area contributed by atoms with E-state index in [1.54, 1.807) is 0 Å². The van der Waals surface area contributed by atoms with Crippen molar-refractivity contribution in [2.45, 2.75) is 46.0 Å². The molecule has 0 amide bonds. The lowest BCUT2D eigenvalue weighted by Gasteiger charge is -2.23. The van der Waals surface area contributed by atoms with Crippen LogP contribution >= 0.6 is 0 Å². The highest BCUT2D eigenvalue weighted by Gasteiger charge is 2.19. The van der Waals surface area contributed by atoms with Crippen molar-refractivity contribution < 1.29 is 4.74 Å².